The number of anilines is 1. The summed E-state index contributed by atoms with van der Waals surface area (Å²) in [6.07, 6.45) is 3.55. The Balaban J connectivity index is 1.69. The Kier molecular flexibility index (Phi) is 4.07. The van der Waals surface area contributed by atoms with E-state index in [1.807, 2.05) is 25.1 Å². The second-order valence-electron chi connectivity index (χ2n) is 6.35. The van der Waals surface area contributed by atoms with Gasteiger partial charge in [-0.05, 0) is 30.9 Å². The van der Waals surface area contributed by atoms with Crippen LogP contribution in [0.3, 0.4) is 0 Å². The van der Waals surface area contributed by atoms with Crippen molar-refractivity contribution < 1.29 is 14.4 Å². The number of benzene rings is 1. The molecule has 2 atom stereocenters. The molecule has 2 aliphatic rings. The number of hydrogen-bond donors (Lipinski definition) is 2. The summed E-state index contributed by atoms with van der Waals surface area (Å²) in [6.45, 7) is 1.74. The number of urea groups is 1. The third-order valence-corrected chi connectivity index (χ3v) is 4.86. The number of carbonyl (C=O) groups excluding carboxylic acids is 3. The molecule has 23 heavy (non-hydrogen) atoms. The number of nitrogens with one attached hydrogen (secondary N) is 2. The van der Waals surface area contributed by atoms with Crippen molar-refractivity contribution in [3.05, 3.63) is 30.3 Å². The zero-order valence-electron chi connectivity index (χ0n) is 13.2. The van der Waals surface area contributed by atoms with Crippen molar-refractivity contribution in [2.75, 3.05) is 11.9 Å². The first-order valence-corrected chi connectivity index (χ1v) is 8.02. The van der Waals surface area contributed by atoms with Crippen molar-refractivity contribution in [1.29, 1.82) is 0 Å². The third kappa shape index (κ3) is 2.81. The maximum absolute atomic E-state index is 12.8. The standard InChI is InChI=1S/C17H21N3O3/c1-12-7-5-6-10-17(12)15(22)20(16(23)19-17)11-14(21)18-13-8-3-2-4-9-13/h2-4,8-9,12H,5-7,10-11H2,1H3,(H,18,21)(H,19,23)/t12-,17+/m1/s1. The number of amides is 4. The van der Waals surface area contributed by atoms with E-state index in [-0.39, 0.29) is 24.3 Å². The van der Waals surface area contributed by atoms with E-state index in [4.69, 9.17) is 0 Å². The molecule has 1 aliphatic carbocycles. The van der Waals surface area contributed by atoms with Gasteiger partial charge >= 0.3 is 6.03 Å². The Morgan fingerprint density at radius 1 is 1.30 bits per heavy atom. The first-order chi connectivity index (χ1) is 11.0. The Labute approximate surface area is 135 Å². The molecule has 6 heteroatoms. The molecule has 2 N–H and O–H groups in total. The van der Waals surface area contributed by atoms with Gasteiger partial charge in [0.05, 0.1) is 0 Å². The van der Waals surface area contributed by atoms with E-state index in [0.717, 1.165) is 24.2 Å². The van der Waals surface area contributed by atoms with Crippen LogP contribution in [0.2, 0.25) is 0 Å². The summed E-state index contributed by atoms with van der Waals surface area (Å²) in [5.74, 6) is -0.548. The second-order valence-corrected chi connectivity index (χ2v) is 6.35. The number of para-hydroxylation sites is 1. The lowest BCUT2D eigenvalue weighted by atomic mass is 9.73. The molecule has 1 aromatic rings. The molecular weight excluding hydrogens is 294 g/mol. The van der Waals surface area contributed by atoms with Crippen LogP contribution in [0, 0.1) is 5.92 Å². The molecule has 0 radical (unpaired) electrons. The minimum absolute atomic E-state index is 0.0925. The SMILES string of the molecule is C[C@@H]1CCCC[C@]12NC(=O)N(CC(=O)Nc1ccccc1)C2=O. The third-order valence-electron chi connectivity index (χ3n) is 4.86. The highest BCUT2D eigenvalue weighted by atomic mass is 16.2. The van der Waals surface area contributed by atoms with Crippen molar-refractivity contribution in [2.24, 2.45) is 5.92 Å². The van der Waals surface area contributed by atoms with E-state index in [0.29, 0.717) is 12.1 Å². The van der Waals surface area contributed by atoms with Gasteiger partial charge in [-0.2, -0.15) is 0 Å². The molecule has 1 saturated heterocycles. The lowest BCUT2D eigenvalue weighted by Crippen LogP contribution is -2.54. The summed E-state index contributed by atoms with van der Waals surface area (Å²) < 4.78 is 0. The number of imide groups is 1. The molecule has 0 bridgehead atoms. The number of carbonyl (C=O) groups is 3. The Bertz CT molecular complexity index is 631. The molecule has 2 fully saturated rings. The average Bonchev–Trinajstić information content (AvgIpc) is 2.76. The molecule has 122 valence electrons. The zero-order valence-corrected chi connectivity index (χ0v) is 13.2. The molecule has 0 unspecified atom stereocenters. The highest BCUT2D eigenvalue weighted by molar-refractivity contribution is 6.10. The van der Waals surface area contributed by atoms with Crippen LogP contribution >= 0.6 is 0 Å². The summed E-state index contributed by atoms with van der Waals surface area (Å²) in [5.41, 5.74) is -0.173. The highest BCUT2D eigenvalue weighted by Crippen LogP contribution is 2.38. The van der Waals surface area contributed by atoms with Gasteiger partial charge in [0.1, 0.15) is 12.1 Å². The molecule has 6 nitrogen and oxygen atoms in total. The first kappa shape index (κ1) is 15.5. The molecule has 1 spiro atoms. The molecule has 1 heterocycles. The van der Waals surface area contributed by atoms with E-state index in [1.165, 1.54) is 0 Å². The number of hydrogen-bond acceptors (Lipinski definition) is 3. The smallest absolute Gasteiger partial charge is 0.325 e. The normalized spacial score (nSPS) is 27.2. The van der Waals surface area contributed by atoms with Crippen LogP contribution < -0.4 is 10.6 Å². The van der Waals surface area contributed by atoms with Crippen LogP contribution in [0.5, 0.6) is 0 Å². The molecule has 4 amide bonds. The Morgan fingerprint density at radius 2 is 2.04 bits per heavy atom. The fourth-order valence-corrected chi connectivity index (χ4v) is 3.50. The lowest BCUT2D eigenvalue weighted by molar-refractivity contribution is -0.136. The Morgan fingerprint density at radius 3 is 2.74 bits per heavy atom. The topological polar surface area (TPSA) is 78.5 Å². The second kappa shape index (κ2) is 6.02. The maximum atomic E-state index is 12.8. The predicted molar refractivity (Wildman–Crippen MR) is 85.7 cm³/mol. The summed E-state index contributed by atoms with van der Waals surface area (Å²) in [7, 11) is 0. The van der Waals surface area contributed by atoms with Crippen molar-refractivity contribution >= 4 is 23.5 Å². The molecule has 1 aromatic carbocycles. The van der Waals surface area contributed by atoms with E-state index >= 15 is 0 Å². The summed E-state index contributed by atoms with van der Waals surface area (Å²) >= 11 is 0. The van der Waals surface area contributed by atoms with Crippen LogP contribution in [-0.2, 0) is 9.59 Å². The minimum atomic E-state index is -0.817. The number of rotatable bonds is 3. The summed E-state index contributed by atoms with van der Waals surface area (Å²) in [6, 6.07) is 8.51. The van der Waals surface area contributed by atoms with E-state index in [1.54, 1.807) is 12.1 Å². The van der Waals surface area contributed by atoms with Gasteiger partial charge < -0.3 is 10.6 Å². The van der Waals surface area contributed by atoms with Gasteiger partial charge in [-0.25, -0.2) is 4.79 Å². The van der Waals surface area contributed by atoms with Gasteiger partial charge in [0.15, 0.2) is 0 Å². The monoisotopic (exact) mass is 315 g/mol. The van der Waals surface area contributed by atoms with Gasteiger partial charge in [-0.3, -0.25) is 14.5 Å². The van der Waals surface area contributed by atoms with Gasteiger partial charge in [0.25, 0.3) is 5.91 Å². The number of nitrogens with zero attached hydrogens (tertiary/aromatic N) is 1. The maximum Gasteiger partial charge on any atom is 0.325 e. The highest BCUT2D eigenvalue weighted by Gasteiger charge is 2.55. The van der Waals surface area contributed by atoms with Crippen LogP contribution in [-0.4, -0.2) is 34.8 Å². The molecule has 1 saturated carbocycles. The Hall–Kier alpha value is -2.37. The van der Waals surface area contributed by atoms with E-state index in [9.17, 15) is 14.4 Å². The van der Waals surface area contributed by atoms with Crippen LogP contribution in [0.15, 0.2) is 30.3 Å². The summed E-state index contributed by atoms with van der Waals surface area (Å²) in [5, 5.41) is 5.55. The van der Waals surface area contributed by atoms with Crippen molar-refractivity contribution in [3.8, 4) is 0 Å². The van der Waals surface area contributed by atoms with E-state index < -0.39 is 11.6 Å². The molecule has 0 aromatic heterocycles. The predicted octanol–water partition coefficient (Wildman–Crippen LogP) is 2.13. The van der Waals surface area contributed by atoms with Crippen molar-refractivity contribution in [2.45, 2.75) is 38.1 Å². The quantitative estimate of drug-likeness (QED) is 0.839. The van der Waals surface area contributed by atoms with Crippen molar-refractivity contribution in [3.63, 3.8) is 0 Å². The van der Waals surface area contributed by atoms with Gasteiger partial charge in [-0.15, -0.1) is 0 Å². The van der Waals surface area contributed by atoms with Gasteiger partial charge in [0.2, 0.25) is 5.91 Å². The van der Waals surface area contributed by atoms with E-state index in [2.05, 4.69) is 10.6 Å². The van der Waals surface area contributed by atoms with Crippen LogP contribution in [0.1, 0.15) is 32.6 Å². The van der Waals surface area contributed by atoms with Crippen LogP contribution in [0.4, 0.5) is 10.5 Å². The fourth-order valence-electron chi connectivity index (χ4n) is 3.50. The van der Waals surface area contributed by atoms with Gasteiger partial charge in [-0.1, -0.05) is 38.0 Å². The largest absolute Gasteiger partial charge is 0.325 e. The molecular formula is C17H21N3O3. The fraction of sp³-hybridized carbons (Fsp3) is 0.471. The van der Waals surface area contributed by atoms with Crippen molar-refractivity contribution in [1.82, 2.24) is 10.2 Å². The van der Waals surface area contributed by atoms with Crippen LogP contribution in [0.25, 0.3) is 0 Å². The zero-order chi connectivity index (χ0) is 16.4. The first-order valence-electron chi connectivity index (χ1n) is 8.02. The van der Waals surface area contributed by atoms with Gasteiger partial charge in [0, 0.05) is 5.69 Å². The summed E-state index contributed by atoms with van der Waals surface area (Å²) in [4.78, 5) is 38.1. The molecule has 3 rings (SSSR count). The molecule has 1 aliphatic heterocycles. The lowest BCUT2D eigenvalue weighted by Gasteiger charge is -2.36. The minimum Gasteiger partial charge on any atom is -0.325 e. The average molecular weight is 315 g/mol.